The van der Waals surface area contributed by atoms with Gasteiger partial charge in [0.1, 0.15) is 12.1 Å². The SMILES string of the molecule is CN(C)c1nc(-c2ncco2)c(O)c2ccccc12. The molecule has 0 spiro atoms. The monoisotopic (exact) mass is 255 g/mol. The Morgan fingerprint density at radius 2 is 1.89 bits per heavy atom. The number of rotatable bonds is 2. The third-order valence-corrected chi connectivity index (χ3v) is 2.92. The van der Waals surface area contributed by atoms with Crippen molar-refractivity contribution >= 4 is 16.6 Å². The predicted molar refractivity (Wildman–Crippen MR) is 73.2 cm³/mol. The van der Waals surface area contributed by atoms with Crippen molar-refractivity contribution < 1.29 is 9.52 Å². The van der Waals surface area contributed by atoms with Gasteiger partial charge in [-0.15, -0.1) is 0 Å². The van der Waals surface area contributed by atoms with Gasteiger partial charge in [-0.1, -0.05) is 24.3 Å². The Bertz CT molecular complexity index is 721. The van der Waals surface area contributed by atoms with Crippen LogP contribution in [0, 0.1) is 0 Å². The number of nitrogens with zero attached hydrogens (tertiary/aromatic N) is 3. The van der Waals surface area contributed by atoms with Crippen molar-refractivity contribution in [1.29, 1.82) is 0 Å². The molecule has 3 aromatic rings. The Balaban J connectivity index is 2.39. The van der Waals surface area contributed by atoms with Gasteiger partial charge < -0.3 is 14.4 Å². The second-order valence-electron chi connectivity index (χ2n) is 4.41. The van der Waals surface area contributed by atoms with E-state index in [0.717, 1.165) is 16.6 Å². The summed E-state index contributed by atoms with van der Waals surface area (Å²) in [6.45, 7) is 0. The summed E-state index contributed by atoms with van der Waals surface area (Å²) in [7, 11) is 3.82. The topological polar surface area (TPSA) is 62.4 Å². The van der Waals surface area contributed by atoms with E-state index in [2.05, 4.69) is 9.97 Å². The lowest BCUT2D eigenvalue weighted by Crippen LogP contribution is -2.11. The van der Waals surface area contributed by atoms with Gasteiger partial charge in [0, 0.05) is 24.9 Å². The van der Waals surface area contributed by atoms with Crippen LogP contribution in [0.25, 0.3) is 22.4 Å². The molecule has 0 aliphatic rings. The lowest BCUT2D eigenvalue weighted by atomic mass is 10.1. The summed E-state index contributed by atoms with van der Waals surface area (Å²) in [5.41, 5.74) is 0.354. The molecule has 0 unspecified atom stereocenters. The highest BCUT2D eigenvalue weighted by Gasteiger charge is 2.18. The average Bonchev–Trinajstić information content (AvgIpc) is 2.93. The molecule has 5 heteroatoms. The van der Waals surface area contributed by atoms with Gasteiger partial charge in [-0.3, -0.25) is 0 Å². The summed E-state index contributed by atoms with van der Waals surface area (Å²) >= 11 is 0. The Kier molecular flexibility index (Phi) is 2.59. The van der Waals surface area contributed by atoms with Crippen molar-refractivity contribution in [2.45, 2.75) is 0 Å². The van der Waals surface area contributed by atoms with Crippen LogP contribution >= 0.6 is 0 Å². The van der Waals surface area contributed by atoms with Crippen molar-refractivity contribution in [3.63, 3.8) is 0 Å². The highest BCUT2D eigenvalue weighted by atomic mass is 16.3. The summed E-state index contributed by atoms with van der Waals surface area (Å²) in [6.07, 6.45) is 2.99. The Labute approximate surface area is 110 Å². The lowest BCUT2D eigenvalue weighted by Gasteiger charge is -2.16. The Morgan fingerprint density at radius 1 is 1.16 bits per heavy atom. The van der Waals surface area contributed by atoms with E-state index in [-0.39, 0.29) is 5.75 Å². The zero-order chi connectivity index (χ0) is 13.4. The fourth-order valence-corrected chi connectivity index (χ4v) is 2.06. The van der Waals surface area contributed by atoms with Crippen LogP contribution in [0.4, 0.5) is 5.82 Å². The summed E-state index contributed by atoms with van der Waals surface area (Å²) in [6, 6.07) is 7.57. The van der Waals surface area contributed by atoms with Crippen molar-refractivity contribution in [1.82, 2.24) is 9.97 Å². The second-order valence-corrected chi connectivity index (χ2v) is 4.41. The van der Waals surface area contributed by atoms with Gasteiger partial charge >= 0.3 is 0 Å². The number of pyridine rings is 1. The molecule has 0 radical (unpaired) electrons. The van der Waals surface area contributed by atoms with Gasteiger partial charge in [0.05, 0.1) is 6.20 Å². The first kappa shape index (κ1) is 11.5. The van der Waals surface area contributed by atoms with Gasteiger partial charge in [-0.2, -0.15) is 0 Å². The number of oxazole rings is 1. The van der Waals surface area contributed by atoms with E-state index < -0.39 is 0 Å². The van der Waals surface area contributed by atoms with E-state index in [9.17, 15) is 5.11 Å². The molecule has 0 aliphatic carbocycles. The standard InChI is InChI=1S/C14H13N3O2/c1-17(2)13-10-6-4-3-5-9(10)12(18)11(16-13)14-15-7-8-19-14/h3-8,18H,1-2H3. The molecule has 0 amide bonds. The van der Waals surface area contributed by atoms with E-state index in [1.165, 1.54) is 12.5 Å². The van der Waals surface area contributed by atoms with E-state index in [0.29, 0.717) is 11.6 Å². The molecule has 0 saturated carbocycles. The molecular formula is C14H13N3O2. The van der Waals surface area contributed by atoms with Crippen LogP contribution in [-0.4, -0.2) is 29.2 Å². The summed E-state index contributed by atoms with van der Waals surface area (Å²) < 4.78 is 5.23. The number of aromatic hydroxyl groups is 1. The van der Waals surface area contributed by atoms with Crippen molar-refractivity contribution in [2.75, 3.05) is 19.0 Å². The average molecular weight is 255 g/mol. The van der Waals surface area contributed by atoms with Crippen molar-refractivity contribution in [2.24, 2.45) is 0 Å². The molecule has 3 rings (SSSR count). The van der Waals surface area contributed by atoms with Crippen LogP contribution in [0.3, 0.4) is 0 Å². The first-order chi connectivity index (χ1) is 9.18. The molecular weight excluding hydrogens is 242 g/mol. The molecule has 0 fully saturated rings. The van der Waals surface area contributed by atoms with Gasteiger partial charge in [0.15, 0.2) is 11.4 Å². The molecule has 0 bridgehead atoms. The first-order valence-electron chi connectivity index (χ1n) is 5.87. The van der Waals surface area contributed by atoms with Crippen LogP contribution in [0.1, 0.15) is 0 Å². The fraction of sp³-hybridized carbons (Fsp3) is 0.143. The van der Waals surface area contributed by atoms with E-state index in [1.54, 1.807) is 0 Å². The highest BCUT2D eigenvalue weighted by Crippen LogP contribution is 2.37. The molecule has 1 aromatic carbocycles. The first-order valence-corrected chi connectivity index (χ1v) is 5.87. The maximum absolute atomic E-state index is 10.3. The number of benzene rings is 1. The second kappa shape index (κ2) is 4.28. The quantitative estimate of drug-likeness (QED) is 0.762. The third kappa shape index (κ3) is 1.79. The van der Waals surface area contributed by atoms with E-state index >= 15 is 0 Å². The number of aromatic nitrogens is 2. The van der Waals surface area contributed by atoms with Crippen LogP contribution in [0.2, 0.25) is 0 Å². The van der Waals surface area contributed by atoms with E-state index in [4.69, 9.17) is 4.42 Å². The molecule has 1 N–H and O–H groups in total. The number of anilines is 1. The van der Waals surface area contributed by atoms with Crippen LogP contribution < -0.4 is 4.90 Å². The predicted octanol–water partition coefficient (Wildman–Crippen LogP) is 2.66. The van der Waals surface area contributed by atoms with Gasteiger partial charge in [-0.05, 0) is 0 Å². The molecule has 2 heterocycles. The van der Waals surface area contributed by atoms with Crippen LogP contribution in [0.15, 0.2) is 41.1 Å². The molecule has 0 saturated heterocycles. The minimum absolute atomic E-state index is 0.0867. The Morgan fingerprint density at radius 3 is 2.53 bits per heavy atom. The molecule has 19 heavy (non-hydrogen) atoms. The fourth-order valence-electron chi connectivity index (χ4n) is 2.06. The third-order valence-electron chi connectivity index (χ3n) is 2.92. The van der Waals surface area contributed by atoms with Gasteiger partial charge in [0.2, 0.25) is 5.89 Å². The Hall–Kier alpha value is -2.56. The van der Waals surface area contributed by atoms with Crippen molar-refractivity contribution in [3.05, 3.63) is 36.7 Å². The summed E-state index contributed by atoms with van der Waals surface area (Å²) in [5, 5.41) is 12.0. The highest BCUT2D eigenvalue weighted by molar-refractivity contribution is 5.99. The van der Waals surface area contributed by atoms with Gasteiger partial charge in [-0.25, -0.2) is 9.97 Å². The van der Waals surface area contributed by atoms with E-state index in [1.807, 2.05) is 43.3 Å². The smallest absolute Gasteiger partial charge is 0.249 e. The van der Waals surface area contributed by atoms with Crippen LogP contribution in [0.5, 0.6) is 5.75 Å². The number of hydrogen-bond acceptors (Lipinski definition) is 5. The molecule has 0 aliphatic heterocycles. The number of hydrogen-bond donors (Lipinski definition) is 1. The minimum Gasteiger partial charge on any atom is -0.505 e. The summed E-state index contributed by atoms with van der Waals surface area (Å²) in [5.74, 6) is 1.16. The normalized spacial score (nSPS) is 10.8. The maximum atomic E-state index is 10.3. The van der Waals surface area contributed by atoms with Gasteiger partial charge in [0.25, 0.3) is 0 Å². The molecule has 2 aromatic heterocycles. The number of fused-ring (bicyclic) bond motifs is 1. The molecule has 5 nitrogen and oxygen atoms in total. The maximum Gasteiger partial charge on any atom is 0.249 e. The molecule has 0 atom stereocenters. The zero-order valence-electron chi connectivity index (χ0n) is 10.7. The largest absolute Gasteiger partial charge is 0.505 e. The van der Waals surface area contributed by atoms with Crippen LogP contribution in [-0.2, 0) is 0 Å². The minimum atomic E-state index is 0.0867. The molecule has 96 valence electrons. The zero-order valence-corrected chi connectivity index (χ0v) is 10.7. The van der Waals surface area contributed by atoms with Crippen molar-refractivity contribution in [3.8, 4) is 17.3 Å². The summed E-state index contributed by atoms with van der Waals surface area (Å²) in [4.78, 5) is 10.4. The lowest BCUT2D eigenvalue weighted by molar-refractivity contribution is 0.476.